The maximum atomic E-state index is 12.8. The van der Waals surface area contributed by atoms with Crippen molar-refractivity contribution in [2.75, 3.05) is 19.3 Å². The molecule has 0 bridgehead atoms. The van der Waals surface area contributed by atoms with E-state index >= 15 is 0 Å². The van der Waals surface area contributed by atoms with Gasteiger partial charge in [-0.1, -0.05) is 12.1 Å². The average molecular weight is 356 g/mol. The zero-order valence-corrected chi connectivity index (χ0v) is 14.8. The average Bonchev–Trinajstić information content (AvgIpc) is 3.34. The Labute approximate surface area is 151 Å². The Kier molecular flexibility index (Phi) is 5.60. The summed E-state index contributed by atoms with van der Waals surface area (Å²) in [6.45, 7) is 1.44. The molecule has 2 amide bonds. The highest BCUT2D eigenvalue weighted by Crippen LogP contribution is 2.18. The summed E-state index contributed by atoms with van der Waals surface area (Å²) in [5.74, 6) is -0.409. The van der Waals surface area contributed by atoms with E-state index in [0.717, 1.165) is 36.4 Å². The van der Waals surface area contributed by atoms with Crippen LogP contribution in [0.3, 0.4) is 0 Å². The summed E-state index contributed by atoms with van der Waals surface area (Å²) in [4.78, 5) is 28.0. The van der Waals surface area contributed by atoms with Crippen LogP contribution in [0.4, 0.5) is 0 Å². The van der Waals surface area contributed by atoms with Crippen molar-refractivity contribution in [3.63, 3.8) is 0 Å². The van der Waals surface area contributed by atoms with E-state index in [9.17, 15) is 9.59 Å². The van der Waals surface area contributed by atoms with Crippen molar-refractivity contribution in [1.29, 1.82) is 0 Å². The lowest BCUT2D eigenvalue weighted by Gasteiger charge is -2.18. The Morgan fingerprint density at radius 3 is 2.48 bits per heavy atom. The molecule has 0 saturated carbocycles. The van der Waals surface area contributed by atoms with Crippen molar-refractivity contribution in [2.45, 2.75) is 17.7 Å². The first-order chi connectivity index (χ1) is 12.2. The Morgan fingerprint density at radius 1 is 1.16 bits per heavy atom. The summed E-state index contributed by atoms with van der Waals surface area (Å²) in [5, 5.41) is 2.71. The molecule has 0 radical (unpaired) electrons. The van der Waals surface area contributed by atoms with Gasteiger partial charge in [-0.3, -0.25) is 9.59 Å². The number of carbonyl (C=O) groups excluding carboxylic acids is 2. The molecule has 1 N–H and O–H groups in total. The first kappa shape index (κ1) is 17.4. The molecule has 1 aromatic heterocycles. The highest BCUT2D eigenvalue weighted by atomic mass is 32.2. The number of carbonyl (C=O) groups is 2. The summed E-state index contributed by atoms with van der Waals surface area (Å²) in [5.41, 5.74) is 1.13. The Bertz CT molecular complexity index is 760. The summed E-state index contributed by atoms with van der Waals surface area (Å²) in [7, 11) is 0. The third kappa shape index (κ3) is 4.33. The minimum atomic E-state index is -0.426. The van der Waals surface area contributed by atoms with E-state index in [1.54, 1.807) is 34.9 Å². The summed E-state index contributed by atoms with van der Waals surface area (Å²) in [6, 6.07) is 11.1. The predicted molar refractivity (Wildman–Crippen MR) is 98.2 cm³/mol. The number of nitrogens with zero attached hydrogens (tertiary/aromatic N) is 1. The molecular formula is C19H20N2O3S. The van der Waals surface area contributed by atoms with E-state index in [2.05, 4.69) is 5.32 Å². The first-order valence-electron chi connectivity index (χ1n) is 8.17. The molecule has 0 spiro atoms. The van der Waals surface area contributed by atoms with Crippen LogP contribution < -0.4 is 5.32 Å². The first-order valence-corrected chi connectivity index (χ1v) is 9.40. The van der Waals surface area contributed by atoms with Gasteiger partial charge in [0.2, 0.25) is 0 Å². The molecular weight excluding hydrogens is 336 g/mol. The van der Waals surface area contributed by atoms with E-state index in [1.165, 1.54) is 6.26 Å². The van der Waals surface area contributed by atoms with Crippen molar-refractivity contribution in [3.8, 4) is 0 Å². The van der Waals surface area contributed by atoms with Gasteiger partial charge in [0.1, 0.15) is 5.70 Å². The van der Waals surface area contributed by atoms with Crippen molar-refractivity contribution < 1.29 is 14.0 Å². The molecule has 1 fully saturated rings. The zero-order chi connectivity index (χ0) is 17.6. The molecule has 0 aliphatic carbocycles. The lowest BCUT2D eigenvalue weighted by atomic mass is 10.1. The lowest BCUT2D eigenvalue weighted by molar-refractivity contribution is -0.126. The number of furan rings is 1. The number of hydrogen-bond donors (Lipinski definition) is 1. The van der Waals surface area contributed by atoms with E-state index < -0.39 is 5.91 Å². The van der Waals surface area contributed by atoms with Crippen molar-refractivity contribution in [2.24, 2.45) is 0 Å². The number of benzene rings is 1. The summed E-state index contributed by atoms with van der Waals surface area (Å²) >= 11 is 1.65. The number of likely N-dealkylation sites (tertiary alicyclic amines) is 1. The molecule has 2 heterocycles. The van der Waals surface area contributed by atoms with Gasteiger partial charge < -0.3 is 14.6 Å². The van der Waals surface area contributed by atoms with Gasteiger partial charge in [-0.25, -0.2) is 0 Å². The second kappa shape index (κ2) is 8.07. The van der Waals surface area contributed by atoms with Crippen LogP contribution in [-0.4, -0.2) is 36.1 Å². The molecule has 25 heavy (non-hydrogen) atoms. The number of rotatable bonds is 5. The van der Waals surface area contributed by atoms with E-state index in [0.29, 0.717) is 0 Å². The standard InChI is InChI=1S/C19H20N2O3S/c1-25-15-8-6-14(7-9-15)13-16(19(23)21-10-2-3-11-21)20-18(22)17-5-4-12-24-17/h4-9,12-13H,2-3,10-11H2,1H3,(H,20,22)/b16-13+. The fourth-order valence-electron chi connectivity index (χ4n) is 2.70. The third-order valence-corrected chi connectivity index (χ3v) is 4.79. The van der Waals surface area contributed by atoms with Gasteiger partial charge in [-0.2, -0.15) is 0 Å². The molecule has 1 saturated heterocycles. The van der Waals surface area contributed by atoms with Crippen LogP contribution in [0, 0.1) is 0 Å². The number of nitrogens with one attached hydrogen (secondary N) is 1. The molecule has 1 aliphatic rings. The molecule has 6 heteroatoms. The lowest BCUT2D eigenvalue weighted by Crippen LogP contribution is -2.36. The summed E-state index contributed by atoms with van der Waals surface area (Å²) < 4.78 is 5.11. The Balaban J connectivity index is 1.85. The fraction of sp³-hybridized carbons (Fsp3) is 0.263. The quantitative estimate of drug-likeness (QED) is 0.659. The number of thioether (sulfide) groups is 1. The van der Waals surface area contributed by atoms with Crippen LogP contribution in [0.15, 0.2) is 57.7 Å². The van der Waals surface area contributed by atoms with Crippen LogP contribution in [0.5, 0.6) is 0 Å². The smallest absolute Gasteiger partial charge is 0.291 e. The molecule has 0 unspecified atom stereocenters. The molecule has 1 aliphatic heterocycles. The van der Waals surface area contributed by atoms with Gasteiger partial charge in [0.15, 0.2) is 5.76 Å². The topological polar surface area (TPSA) is 62.6 Å². The van der Waals surface area contributed by atoms with E-state index in [4.69, 9.17) is 4.42 Å². The predicted octanol–water partition coefficient (Wildman–Crippen LogP) is 3.39. The normalized spacial score (nSPS) is 14.6. The van der Waals surface area contributed by atoms with Crippen LogP contribution in [0.25, 0.3) is 6.08 Å². The van der Waals surface area contributed by atoms with Crippen LogP contribution in [-0.2, 0) is 4.79 Å². The molecule has 0 atom stereocenters. The molecule has 1 aromatic carbocycles. The van der Waals surface area contributed by atoms with Gasteiger partial charge in [-0.15, -0.1) is 11.8 Å². The number of hydrogen-bond acceptors (Lipinski definition) is 4. The van der Waals surface area contributed by atoms with Gasteiger partial charge >= 0.3 is 0 Å². The zero-order valence-electron chi connectivity index (χ0n) is 14.0. The van der Waals surface area contributed by atoms with Crippen LogP contribution in [0.1, 0.15) is 29.0 Å². The maximum absolute atomic E-state index is 12.8. The van der Waals surface area contributed by atoms with Gasteiger partial charge in [-0.05, 0) is 55.0 Å². The highest BCUT2D eigenvalue weighted by molar-refractivity contribution is 7.98. The molecule has 2 aromatic rings. The minimum absolute atomic E-state index is 0.161. The van der Waals surface area contributed by atoms with Crippen molar-refractivity contribution in [3.05, 3.63) is 59.7 Å². The number of amides is 2. The van der Waals surface area contributed by atoms with Gasteiger partial charge in [0.05, 0.1) is 6.26 Å². The summed E-state index contributed by atoms with van der Waals surface area (Å²) in [6.07, 6.45) is 7.14. The van der Waals surface area contributed by atoms with Gasteiger partial charge in [0, 0.05) is 18.0 Å². The molecule has 3 rings (SSSR count). The fourth-order valence-corrected chi connectivity index (χ4v) is 3.11. The molecule has 5 nitrogen and oxygen atoms in total. The highest BCUT2D eigenvalue weighted by Gasteiger charge is 2.23. The Morgan fingerprint density at radius 2 is 1.88 bits per heavy atom. The van der Waals surface area contributed by atoms with Gasteiger partial charge in [0.25, 0.3) is 11.8 Å². The van der Waals surface area contributed by atoms with Crippen molar-refractivity contribution in [1.82, 2.24) is 10.2 Å². The third-order valence-electron chi connectivity index (χ3n) is 4.04. The second-order valence-electron chi connectivity index (χ2n) is 5.76. The molecule has 130 valence electrons. The van der Waals surface area contributed by atoms with Crippen LogP contribution >= 0.6 is 11.8 Å². The monoisotopic (exact) mass is 356 g/mol. The maximum Gasteiger partial charge on any atom is 0.291 e. The minimum Gasteiger partial charge on any atom is -0.459 e. The van der Waals surface area contributed by atoms with E-state index in [-0.39, 0.29) is 17.4 Å². The van der Waals surface area contributed by atoms with E-state index in [1.807, 2.05) is 30.5 Å². The second-order valence-corrected chi connectivity index (χ2v) is 6.64. The largest absolute Gasteiger partial charge is 0.459 e. The van der Waals surface area contributed by atoms with Crippen molar-refractivity contribution >= 4 is 29.7 Å². The van der Waals surface area contributed by atoms with Crippen LogP contribution in [0.2, 0.25) is 0 Å². The Hall–Kier alpha value is -2.47. The SMILES string of the molecule is CSc1ccc(/C=C(/NC(=O)c2ccco2)C(=O)N2CCCC2)cc1.